The van der Waals surface area contributed by atoms with Gasteiger partial charge in [-0.3, -0.25) is 4.72 Å². The van der Waals surface area contributed by atoms with E-state index in [-0.39, 0.29) is 5.82 Å². The molecule has 1 atom stereocenters. The van der Waals surface area contributed by atoms with Gasteiger partial charge >= 0.3 is 0 Å². The summed E-state index contributed by atoms with van der Waals surface area (Å²) >= 11 is 1.59. The van der Waals surface area contributed by atoms with E-state index in [2.05, 4.69) is 11.4 Å². The van der Waals surface area contributed by atoms with Gasteiger partial charge in [0.15, 0.2) is 0 Å². The molecule has 0 aliphatic rings. The second-order valence-corrected chi connectivity index (χ2v) is 6.92. The standard InChI is InChI=1S/C9H13FNPS/c1-7-5-4-6-8(10)9(7)12(3)13-11-2/h4-6,11H,1-3H3. The van der Waals surface area contributed by atoms with Gasteiger partial charge in [0.05, 0.1) is 0 Å². The van der Waals surface area contributed by atoms with Crippen molar-refractivity contribution >= 4 is 24.0 Å². The Bertz CT molecular complexity index is 273. The third-order valence-electron chi connectivity index (χ3n) is 1.73. The molecule has 0 heterocycles. The van der Waals surface area contributed by atoms with Gasteiger partial charge in [0, 0.05) is 12.4 Å². The van der Waals surface area contributed by atoms with E-state index in [9.17, 15) is 4.39 Å². The zero-order valence-electron chi connectivity index (χ0n) is 7.97. The highest BCUT2D eigenvalue weighted by Crippen LogP contribution is 2.43. The molecule has 1 unspecified atom stereocenters. The Hall–Kier alpha value is -0.110. The van der Waals surface area contributed by atoms with Gasteiger partial charge in [0.2, 0.25) is 0 Å². The van der Waals surface area contributed by atoms with E-state index >= 15 is 0 Å². The van der Waals surface area contributed by atoms with Crippen LogP contribution in [0.3, 0.4) is 0 Å². The second-order valence-electron chi connectivity index (χ2n) is 2.70. The molecule has 0 saturated carbocycles. The Morgan fingerprint density at radius 2 is 2.15 bits per heavy atom. The van der Waals surface area contributed by atoms with Crippen molar-refractivity contribution in [3.63, 3.8) is 0 Å². The molecule has 0 spiro atoms. The number of benzene rings is 1. The van der Waals surface area contributed by atoms with E-state index < -0.39 is 7.12 Å². The highest BCUT2D eigenvalue weighted by molar-refractivity contribution is 8.56. The molecule has 0 aromatic heterocycles. The molecule has 1 aromatic rings. The van der Waals surface area contributed by atoms with Crippen molar-refractivity contribution in [3.8, 4) is 0 Å². The molecule has 0 aliphatic carbocycles. The largest absolute Gasteiger partial charge is 0.263 e. The summed E-state index contributed by atoms with van der Waals surface area (Å²) < 4.78 is 16.4. The lowest BCUT2D eigenvalue weighted by Crippen LogP contribution is -2.10. The van der Waals surface area contributed by atoms with Crippen LogP contribution in [-0.4, -0.2) is 13.7 Å². The predicted molar refractivity (Wildman–Crippen MR) is 60.3 cm³/mol. The fourth-order valence-corrected chi connectivity index (χ4v) is 4.31. The lowest BCUT2D eigenvalue weighted by molar-refractivity contribution is 0.635. The average molecular weight is 217 g/mol. The zero-order chi connectivity index (χ0) is 9.84. The van der Waals surface area contributed by atoms with Crippen LogP contribution < -0.4 is 10.0 Å². The molecule has 4 heteroatoms. The SMILES string of the molecule is CNSP(C)c1c(C)cccc1F. The maximum absolute atomic E-state index is 13.4. The van der Waals surface area contributed by atoms with E-state index in [1.54, 1.807) is 17.6 Å². The summed E-state index contributed by atoms with van der Waals surface area (Å²) in [5.74, 6) is -0.0867. The minimum absolute atomic E-state index is 0.0867. The molecule has 0 bridgehead atoms. The van der Waals surface area contributed by atoms with Crippen LogP contribution in [0.2, 0.25) is 0 Å². The third-order valence-corrected chi connectivity index (χ3v) is 5.30. The normalized spacial score (nSPS) is 12.9. The summed E-state index contributed by atoms with van der Waals surface area (Å²) in [7, 11) is 1.37. The van der Waals surface area contributed by atoms with Crippen LogP contribution in [0.5, 0.6) is 0 Å². The molecular weight excluding hydrogens is 204 g/mol. The molecule has 1 rings (SSSR count). The van der Waals surface area contributed by atoms with Crippen LogP contribution in [0.25, 0.3) is 0 Å². The van der Waals surface area contributed by atoms with Crippen molar-refractivity contribution < 1.29 is 4.39 Å². The van der Waals surface area contributed by atoms with Gasteiger partial charge in [0.1, 0.15) is 5.82 Å². The summed E-state index contributed by atoms with van der Waals surface area (Å²) in [5.41, 5.74) is 1.04. The number of hydrogen-bond acceptors (Lipinski definition) is 2. The molecule has 0 amide bonds. The Labute approximate surface area is 83.7 Å². The first kappa shape index (κ1) is 11.0. The maximum atomic E-state index is 13.4. The number of aryl methyl sites for hydroxylation is 1. The van der Waals surface area contributed by atoms with E-state index in [0.29, 0.717) is 0 Å². The van der Waals surface area contributed by atoms with Crippen LogP contribution >= 0.6 is 18.7 Å². The summed E-state index contributed by atoms with van der Waals surface area (Å²) in [5, 5.41) is 0.858. The third kappa shape index (κ3) is 2.67. The summed E-state index contributed by atoms with van der Waals surface area (Å²) in [4.78, 5) is 0. The van der Waals surface area contributed by atoms with Gasteiger partial charge in [-0.1, -0.05) is 23.7 Å². The average Bonchev–Trinajstić information content (AvgIpc) is 2.04. The number of hydrogen-bond donors (Lipinski definition) is 1. The number of nitrogens with one attached hydrogen (secondary N) is 1. The van der Waals surface area contributed by atoms with Crippen LogP contribution in [0, 0.1) is 12.7 Å². The Morgan fingerprint density at radius 1 is 1.46 bits per heavy atom. The molecule has 0 saturated heterocycles. The smallest absolute Gasteiger partial charge is 0.131 e. The van der Waals surface area contributed by atoms with E-state index in [1.165, 1.54) is 6.07 Å². The minimum Gasteiger partial charge on any atom is -0.263 e. The predicted octanol–water partition coefficient (Wildman–Crippen LogP) is 2.65. The van der Waals surface area contributed by atoms with Crippen molar-refractivity contribution in [2.24, 2.45) is 0 Å². The molecular formula is C9H13FNPS. The van der Waals surface area contributed by atoms with Crippen LogP contribution in [-0.2, 0) is 0 Å². The molecule has 1 aromatic carbocycles. The quantitative estimate of drug-likeness (QED) is 0.617. The fraction of sp³-hybridized carbons (Fsp3) is 0.333. The van der Waals surface area contributed by atoms with Crippen molar-refractivity contribution in [1.29, 1.82) is 0 Å². The maximum Gasteiger partial charge on any atom is 0.131 e. The molecule has 1 nitrogen and oxygen atoms in total. The topological polar surface area (TPSA) is 12.0 Å². The lowest BCUT2D eigenvalue weighted by Gasteiger charge is -2.13. The first-order chi connectivity index (χ1) is 6.16. The van der Waals surface area contributed by atoms with Gasteiger partial charge in [-0.2, -0.15) is 0 Å². The molecule has 1 N–H and O–H groups in total. The summed E-state index contributed by atoms with van der Waals surface area (Å²) in [6.45, 7) is 4.01. The van der Waals surface area contributed by atoms with Crippen LogP contribution in [0.1, 0.15) is 5.56 Å². The van der Waals surface area contributed by atoms with E-state index in [4.69, 9.17) is 0 Å². The Kier molecular flexibility index (Phi) is 4.17. The van der Waals surface area contributed by atoms with Gasteiger partial charge < -0.3 is 0 Å². The molecule has 0 fully saturated rings. The number of halogens is 1. The summed E-state index contributed by atoms with van der Waals surface area (Å²) in [6, 6.07) is 5.23. The van der Waals surface area contributed by atoms with Crippen molar-refractivity contribution in [3.05, 3.63) is 29.6 Å². The highest BCUT2D eigenvalue weighted by atomic mass is 32.7. The zero-order valence-corrected chi connectivity index (χ0v) is 9.68. The monoisotopic (exact) mass is 217 g/mol. The Balaban J connectivity index is 2.98. The van der Waals surface area contributed by atoms with Crippen molar-refractivity contribution in [2.75, 3.05) is 13.7 Å². The summed E-state index contributed by atoms with van der Waals surface area (Å²) in [6.07, 6.45) is 0. The van der Waals surface area contributed by atoms with E-state index in [1.807, 2.05) is 20.0 Å². The first-order valence-electron chi connectivity index (χ1n) is 3.99. The van der Waals surface area contributed by atoms with Crippen LogP contribution in [0.4, 0.5) is 4.39 Å². The Morgan fingerprint density at radius 3 is 2.69 bits per heavy atom. The van der Waals surface area contributed by atoms with Crippen LogP contribution in [0.15, 0.2) is 18.2 Å². The molecule has 13 heavy (non-hydrogen) atoms. The molecule has 0 aliphatic heterocycles. The van der Waals surface area contributed by atoms with Gasteiger partial charge in [-0.05, 0) is 32.3 Å². The molecule has 0 radical (unpaired) electrons. The van der Waals surface area contributed by atoms with E-state index in [0.717, 1.165) is 10.9 Å². The molecule has 72 valence electrons. The minimum atomic E-state index is -0.487. The highest BCUT2D eigenvalue weighted by Gasteiger charge is 2.12. The number of rotatable bonds is 3. The van der Waals surface area contributed by atoms with Gasteiger partial charge in [-0.15, -0.1) is 0 Å². The van der Waals surface area contributed by atoms with Crippen molar-refractivity contribution in [1.82, 2.24) is 4.72 Å². The van der Waals surface area contributed by atoms with Crippen molar-refractivity contribution in [2.45, 2.75) is 6.92 Å². The van der Waals surface area contributed by atoms with Gasteiger partial charge in [-0.25, -0.2) is 4.39 Å². The second kappa shape index (κ2) is 4.94. The fourth-order valence-electron chi connectivity index (χ4n) is 1.20. The van der Waals surface area contributed by atoms with Gasteiger partial charge in [0.25, 0.3) is 0 Å². The lowest BCUT2D eigenvalue weighted by atomic mass is 10.2. The first-order valence-corrected chi connectivity index (χ1v) is 7.20.